The molecule has 3 N–H and O–H groups in total. The molecule has 1 amide bonds. The third-order valence-electron chi connectivity index (χ3n) is 3.45. The Hall–Kier alpha value is -2.01. The summed E-state index contributed by atoms with van der Waals surface area (Å²) in [6, 6.07) is 11.6. The Labute approximate surface area is 125 Å². The number of benzene rings is 2. The van der Waals surface area contributed by atoms with E-state index in [0.717, 1.165) is 27.1 Å². The number of nitrogens with zero attached hydrogens (tertiary/aromatic N) is 1. The van der Waals surface area contributed by atoms with Crippen molar-refractivity contribution >= 4 is 44.6 Å². The maximum absolute atomic E-state index is 11.7. The van der Waals surface area contributed by atoms with Crippen LogP contribution in [0.3, 0.4) is 0 Å². The van der Waals surface area contributed by atoms with Crippen molar-refractivity contribution in [2.75, 3.05) is 23.0 Å². The van der Waals surface area contributed by atoms with Gasteiger partial charge < -0.3 is 16.0 Å². The van der Waals surface area contributed by atoms with Gasteiger partial charge in [-0.05, 0) is 42.0 Å². The van der Waals surface area contributed by atoms with Gasteiger partial charge in [0.05, 0.1) is 17.8 Å². The molecule has 0 radical (unpaired) electrons. The summed E-state index contributed by atoms with van der Waals surface area (Å²) >= 11 is 3.38. The fourth-order valence-electron chi connectivity index (χ4n) is 2.35. The van der Waals surface area contributed by atoms with Gasteiger partial charge in [-0.2, -0.15) is 0 Å². The van der Waals surface area contributed by atoms with E-state index in [2.05, 4.69) is 21.2 Å². The molecule has 0 atom stereocenters. The summed E-state index contributed by atoms with van der Waals surface area (Å²) in [5, 5.41) is 3.28. The molecule has 2 aromatic rings. The molecule has 0 aromatic heterocycles. The molecule has 20 heavy (non-hydrogen) atoms. The van der Waals surface area contributed by atoms with Gasteiger partial charge in [-0.3, -0.25) is 4.79 Å². The summed E-state index contributed by atoms with van der Waals surface area (Å²) in [4.78, 5) is 13.4. The highest BCUT2D eigenvalue weighted by atomic mass is 79.9. The lowest BCUT2D eigenvalue weighted by Gasteiger charge is -2.13. The number of amides is 1. The van der Waals surface area contributed by atoms with Crippen molar-refractivity contribution in [1.29, 1.82) is 0 Å². The first-order valence-corrected chi connectivity index (χ1v) is 7.05. The Morgan fingerprint density at radius 3 is 2.80 bits per heavy atom. The SMILES string of the molecule is CN1C(=O)Cc2cc(Nc3ccc(Br)cc3N)ccc21. The zero-order valence-corrected chi connectivity index (χ0v) is 12.6. The van der Waals surface area contributed by atoms with Crippen LogP contribution in [0.15, 0.2) is 40.9 Å². The molecular weight excluding hydrogens is 318 g/mol. The van der Waals surface area contributed by atoms with Crippen molar-refractivity contribution in [2.24, 2.45) is 0 Å². The van der Waals surface area contributed by atoms with Crippen molar-refractivity contribution in [3.63, 3.8) is 0 Å². The van der Waals surface area contributed by atoms with Crippen molar-refractivity contribution in [2.45, 2.75) is 6.42 Å². The van der Waals surface area contributed by atoms with Crippen molar-refractivity contribution in [3.05, 3.63) is 46.4 Å². The molecule has 0 saturated carbocycles. The summed E-state index contributed by atoms with van der Waals surface area (Å²) in [5.41, 5.74) is 10.4. The Bertz CT molecular complexity index is 700. The molecule has 0 bridgehead atoms. The Kier molecular flexibility index (Phi) is 3.14. The van der Waals surface area contributed by atoms with E-state index in [4.69, 9.17) is 5.73 Å². The molecule has 0 fully saturated rings. The first-order chi connectivity index (χ1) is 9.54. The Morgan fingerprint density at radius 1 is 1.25 bits per heavy atom. The van der Waals surface area contributed by atoms with Gasteiger partial charge in [0.1, 0.15) is 0 Å². The maximum Gasteiger partial charge on any atom is 0.231 e. The average molecular weight is 332 g/mol. The molecule has 0 aliphatic carbocycles. The number of hydrogen-bond donors (Lipinski definition) is 2. The molecule has 2 aromatic carbocycles. The van der Waals surface area contributed by atoms with E-state index in [1.807, 2.05) is 36.4 Å². The number of carbonyl (C=O) groups excluding carboxylic acids is 1. The van der Waals surface area contributed by atoms with Crippen LogP contribution in [0.4, 0.5) is 22.7 Å². The van der Waals surface area contributed by atoms with Crippen LogP contribution in [0, 0.1) is 0 Å². The number of hydrogen-bond acceptors (Lipinski definition) is 3. The predicted molar refractivity (Wildman–Crippen MR) is 85.4 cm³/mol. The standard InChI is InChI=1S/C15H14BrN3O/c1-19-14-5-3-11(6-9(14)7-15(19)20)18-13-4-2-10(16)8-12(13)17/h2-6,8,18H,7,17H2,1H3. The fourth-order valence-corrected chi connectivity index (χ4v) is 2.73. The quantitative estimate of drug-likeness (QED) is 0.830. The van der Waals surface area contributed by atoms with E-state index in [0.29, 0.717) is 12.1 Å². The molecule has 5 heteroatoms. The molecule has 0 unspecified atom stereocenters. The minimum absolute atomic E-state index is 0.125. The maximum atomic E-state index is 11.7. The van der Waals surface area contributed by atoms with Gasteiger partial charge in [0, 0.05) is 22.9 Å². The fraction of sp³-hybridized carbons (Fsp3) is 0.133. The lowest BCUT2D eigenvalue weighted by molar-refractivity contribution is -0.117. The van der Waals surface area contributed by atoms with E-state index in [-0.39, 0.29) is 5.91 Å². The number of halogens is 1. The Morgan fingerprint density at radius 2 is 2.05 bits per heavy atom. The second kappa shape index (κ2) is 4.83. The van der Waals surface area contributed by atoms with Gasteiger partial charge in [-0.15, -0.1) is 0 Å². The third kappa shape index (κ3) is 2.25. The van der Waals surface area contributed by atoms with Crippen LogP contribution in [-0.2, 0) is 11.2 Å². The summed E-state index contributed by atoms with van der Waals surface area (Å²) in [7, 11) is 1.80. The summed E-state index contributed by atoms with van der Waals surface area (Å²) < 4.78 is 0.946. The lowest BCUT2D eigenvalue weighted by atomic mass is 10.1. The third-order valence-corrected chi connectivity index (χ3v) is 3.94. The highest BCUT2D eigenvalue weighted by Gasteiger charge is 2.23. The lowest BCUT2D eigenvalue weighted by Crippen LogP contribution is -2.20. The predicted octanol–water partition coefficient (Wildman–Crippen LogP) is 3.29. The van der Waals surface area contributed by atoms with Gasteiger partial charge in [0.15, 0.2) is 0 Å². The van der Waals surface area contributed by atoms with E-state index in [1.165, 1.54) is 0 Å². The smallest absolute Gasteiger partial charge is 0.231 e. The Balaban J connectivity index is 1.90. The number of nitrogens with one attached hydrogen (secondary N) is 1. The summed E-state index contributed by atoms with van der Waals surface area (Å²) in [5.74, 6) is 0.125. The molecule has 0 spiro atoms. The number of nitrogens with two attached hydrogens (primary N) is 1. The molecule has 0 saturated heterocycles. The van der Waals surface area contributed by atoms with Crippen LogP contribution in [0.1, 0.15) is 5.56 Å². The monoisotopic (exact) mass is 331 g/mol. The van der Waals surface area contributed by atoms with Crippen LogP contribution in [-0.4, -0.2) is 13.0 Å². The number of rotatable bonds is 2. The molecule has 3 rings (SSSR count). The number of anilines is 4. The number of nitrogen functional groups attached to an aromatic ring is 1. The van der Waals surface area contributed by atoms with Crippen molar-refractivity contribution in [1.82, 2.24) is 0 Å². The van der Waals surface area contributed by atoms with Crippen LogP contribution in [0.25, 0.3) is 0 Å². The van der Waals surface area contributed by atoms with Gasteiger partial charge in [-0.1, -0.05) is 15.9 Å². The normalized spacial score (nSPS) is 13.5. The van der Waals surface area contributed by atoms with Crippen LogP contribution in [0.5, 0.6) is 0 Å². The first-order valence-electron chi connectivity index (χ1n) is 6.26. The molecular formula is C15H14BrN3O. The van der Waals surface area contributed by atoms with Gasteiger partial charge in [0.2, 0.25) is 5.91 Å². The molecule has 1 aliphatic heterocycles. The molecule has 1 heterocycles. The van der Waals surface area contributed by atoms with E-state index in [9.17, 15) is 4.79 Å². The summed E-state index contributed by atoms with van der Waals surface area (Å²) in [6.45, 7) is 0. The van der Waals surface area contributed by atoms with Gasteiger partial charge in [0.25, 0.3) is 0 Å². The zero-order chi connectivity index (χ0) is 14.3. The first kappa shape index (κ1) is 13.0. The number of fused-ring (bicyclic) bond motifs is 1. The molecule has 102 valence electrons. The van der Waals surface area contributed by atoms with Crippen molar-refractivity contribution in [3.8, 4) is 0 Å². The minimum Gasteiger partial charge on any atom is -0.397 e. The number of likely N-dealkylation sites (N-methyl/N-ethyl adjacent to an activating group) is 1. The second-order valence-corrected chi connectivity index (χ2v) is 5.75. The molecule has 4 nitrogen and oxygen atoms in total. The zero-order valence-electron chi connectivity index (χ0n) is 11.0. The van der Waals surface area contributed by atoms with Crippen molar-refractivity contribution < 1.29 is 4.79 Å². The van der Waals surface area contributed by atoms with Crippen LogP contribution < -0.4 is 16.0 Å². The van der Waals surface area contributed by atoms with E-state index < -0.39 is 0 Å². The van der Waals surface area contributed by atoms with Crippen LogP contribution >= 0.6 is 15.9 Å². The van der Waals surface area contributed by atoms with Gasteiger partial charge in [-0.25, -0.2) is 0 Å². The van der Waals surface area contributed by atoms with E-state index in [1.54, 1.807) is 11.9 Å². The molecule has 1 aliphatic rings. The number of carbonyl (C=O) groups is 1. The topological polar surface area (TPSA) is 58.4 Å². The van der Waals surface area contributed by atoms with E-state index >= 15 is 0 Å². The highest BCUT2D eigenvalue weighted by molar-refractivity contribution is 9.10. The summed E-state index contributed by atoms with van der Waals surface area (Å²) in [6.07, 6.45) is 0.456. The van der Waals surface area contributed by atoms with Gasteiger partial charge >= 0.3 is 0 Å². The largest absolute Gasteiger partial charge is 0.397 e. The second-order valence-electron chi connectivity index (χ2n) is 4.83. The van der Waals surface area contributed by atoms with Crippen LogP contribution in [0.2, 0.25) is 0 Å². The minimum atomic E-state index is 0.125. The highest BCUT2D eigenvalue weighted by Crippen LogP contribution is 2.32. The average Bonchev–Trinajstić information content (AvgIpc) is 2.68.